The van der Waals surface area contributed by atoms with Crippen LogP contribution in [0.3, 0.4) is 0 Å². The van der Waals surface area contributed by atoms with Crippen molar-refractivity contribution >= 4 is 0 Å². The molecule has 0 saturated carbocycles. The smallest absolute Gasteiger partial charge is 0.196 e. The molecule has 0 aliphatic heterocycles. The molecule has 0 N–H and O–H groups in total. The number of hydrogen-bond acceptors (Lipinski definition) is 2. The zero-order chi connectivity index (χ0) is 8.23. The Morgan fingerprint density at radius 1 is 1.25 bits per heavy atom. The molecule has 2 aromatic rings. The van der Waals surface area contributed by atoms with Gasteiger partial charge in [-0.15, -0.1) is 0 Å². The standard InChI is InChI=1S/C9H8N3/c1-2-4-9(5-3-1)6-12-8-10-7-11-12/h1-5,7H,6H2. The van der Waals surface area contributed by atoms with E-state index < -0.39 is 0 Å². The number of nitrogens with zero attached hydrogens (tertiary/aromatic N) is 3. The summed E-state index contributed by atoms with van der Waals surface area (Å²) in [6, 6.07) is 10.1. The Morgan fingerprint density at radius 3 is 2.75 bits per heavy atom. The monoisotopic (exact) mass is 158 g/mol. The molecular formula is C9H8N3. The molecule has 0 saturated heterocycles. The summed E-state index contributed by atoms with van der Waals surface area (Å²) in [6.07, 6.45) is 4.23. The summed E-state index contributed by atoms with van der Waals surface area (Å²) in [4.78, 5) is 3.75. The highest BCUT2D eigenvalue weighted by molar-refractivity contribution is 5.14. The van der Waals surface area contributed by atoms with E-state index in [2.05, 4.69) is 28.5 Å². The summed E-state index contributed by atoms with van der Waals surface area (Å²) in [7, 11) is 0. The number of aromatic nitrogens is 3. The van der Waals surface area contributed by atoms with Crippen molar-refractivity contribution in [2.75, 3.05) is 0 Å². The van der Waals surface area contributed by atoms with E-state index in [0.29, 0.717) is 0 Å². The van der Waals surface area contributed by atoms with E-state index in [-0.39, 0.29) is 0 Å². The molecule has 1 aromatic carbocycles. The molecule has 1 heterocycles. The SMILES string of the molecule is [c]1ncnn1Cc1ccccc1. The van der Waals surface area contributed by atoms with Crippen molar-refractivity contribution < 1.29 is 0 Å². The highest BCUT2D eigenvalue weighted by atomic mass is 15.3. The predicted octanol–water partition coefficient (Wildman–Crippen LogP) is 1.13. The van der Waals surface area contributed by atoms with Gasteiger partial charge in [0.05, 0.1) is 6.54 Å². The first-order valence-electron chi connectivity index (χ1n) is 3.74. The molecule has 2 rings (SSSR count). The van der Waals surface area contributed by atoms with E-state index in [9.17, 15) is 0 Å². The third-order valence-electron chi connectivity index (χ3n) is 1.60. The average Bonchev–Trinajstić information content (AvgIpc) is 2.59. The highest BCUT2D eigenvalue weighted by Crippen LogP contribution is 1.99. The quantitative estimate of drug-likeness (QED) is 0.655. The molecule has 0 unspecified atom stereocenters. The highest BCUT2D eigenvalue weighted by Gasteiger charge is 1.93. The van der Waals surface area contributed by atoms with Crippen LogP contribution in [-0.4, -0.2) is 14.8 Å². The topological polar surface area (TPSA) is 30.7 Å². The van der Waals surface area contributed by atoms with Crippen molar-refractivity contribution in [1.29, 1.82) is 0 Å². The van der Waals surface area contributed by atoms with Crippen molar-refractivity contribution in [2.45, 2.75) is 6.54 Å². The van der Waals surface area contributed by atoms with Gasteiger partial charge in [-0.3, -0.25) is 0 Å². The lowest BCUT2D eigenvalue weighted by atomic mass is 10.2. The van der Waals surface area contributed by atoms with Crippen molar-refractivity contribution in [3.05, 3.63) is 48.5 Å². The first-order valence-corrected chi connectivity index (χ1v) is 3.74. The van der Waals surface area contributed by atoms with Gasteiger partial charge in [-0.25, -0.2) is 9.67 Å². The third kappa shape index (κ3) is 1.50. The van der Waals surface area contributed by atoms with Crippen LogP contribution in [0.4, 0.5) is 0 Å². The lowest BCUT2D eigenvalue weighted by Gasteiger charge is -1.98. The second kappa shape index (κ2) is 3.17. The summed E-state index contributed by atoms with van der Waals surface area (Å²) in [5, 5.41) is 3.96. The van der Waals surface area contributed by atoms with Crippen molar-refractivity contribution in [3.8, 4) is 0 Å². The molecule has 12 heavy (non-hydrogen) atoms. The van der Waals surface area contributed by atoms with Gasteiger partial charge in [-0.05, 0) is 5.56 Å². The van der Waals surface area contributed by atoms with Gasteiger partial charge in [-0.1, -0.05) is 30.3 Å². The zero-order valence-electron chi connectivity index (χ0n) is 6.51. The minimum atomic E-state index is 0.737. The minimum Gasteiger partial charge on any atom is -0.239 e. The molecule has 0 aliphatic carbocycles. The summed E-state index contributed by atoms with van der Waals surface area (Å²) in [5.74, 6) is 0. The molecule has 0 spiro atoms. The summed E-state index contributed by atoms with van der Waals surface area (Å²) < 4.78 is 1.68. The number of hydrogen-bond donors (Lipinski definition) is 0. The van der Waals surface area contributed by atoms with Crippen LogP contribution < -0.4 is 0 Å². The van der Waals surface area contributed by atoms with E-state index in [4.69, 9.17) is 0 Å². The van der Waals surface area contributed by atoms with Crippen LogP contribution in [0.1, 0.15) is 5.56 Å². The Labute approximate surface area is 70.7 Å². The average molecular weight is 158 g/mol. The Balaban J connectivity index is 2.15. The van der Waals surface area contributed by atoms with E-state index >= 15 is 0 Å². The number of rotatable bonds is 2. The van der Waals surface area contributed by atoms with Crippen LogP contribution in [0.15, 0.2) is 36.7 Å². The molecule has 1 radical (unpaired) electrons. The maximum Gasteiger partial charge on any atom is 0.196 e. The second-order valence-corrected chi connectivity index (χ2v) is 2.50. The molecule has 0 fully saturated rings. The van der Waals surface area contributed by atoms with E-state index in [0.717, 1.165) is 6.54 Å². The Bertz CT molecular complexity index is 326. The van der Waals surface area contributed by atoms with Crippen molar-refractivity contribution in [3.63, 3.8) is 0 Å². The van der Waals surface area contributed by atoms with Gasteiger partial charge in [0.25, 0.3) is 0 Å². The predicted molar refractivity (Wildman–Crippen MR) is 44.4 cm³/mol. The Morgan fingerprint density at radius 2 is 2.08 bits per heavy atom. The van der Waals surface area contributed by atoms with Crippen LogP contribution in [0.5, 0.6) is 0 Å². The third-order valence-corrected chi connectivity index (χ3v) is 1.60. The molecular weight excluding hydrogens is 150 g/mol. The zero-order valence-corrected chi connectivity index (χ0v) is 6.51. The fourth-order valence-electron chi connectivity index (χ4n) is 1.04. The molecule has 3 nitrogen and oxygen atoms in total. The van der Waals surface area contributed by atoms with Crippen LogP contribution in [-0.2, 0) is 6.54 Å². The van der Waals surface area contributed by atoms with E-state index in [1.54, 1.807) is 4.68 Å². The van der Waals surface area contributed by atoms with E-state index in [1.165, 1.54) is 11.9 Å². The molecule has 59 valence electrons. The largest absolute Gasteiger partial charge is 0.239 e. The summed E-state index contributed by atoms with van der Waals surface area (Å²) >= 11 is 0. The first-order chi connectivity index (χ1) is 5.95. The maximum absolute atomic E-state index is 3.96. The molecule has 0 atom stereocenters. The fourth-order valence-corrected chi connectivity index (χ4v) is 1.04. The van der Waals surface area contributed by atoms with Crippen molar-refractivity contribution in [1.82, 2.24) is 14.8 Å². The van der Waals surface area contributed by atoms with Crippen LogP contribution in [0.2, 0.25) is 0 Å². The summed E-state index contributed by atoms with van der Waals surface area (Å²) in [5.41, 5.74) is 1.21. The van der Waals surface area contributed by atoms with Gasteiger partial charge in [0.2, 0.25) is 0 Å². The molecule has 3 heteroatoms. The van der Waals surface area contributed by atoms with Gasteiger partial charge < -0.3 is 0 Å². The molecule has 1 aromatic heterocycles. The first kappa shape index (κ1) is 7.03. The van der Waals surface area contributed by atoms with Crippen LogP contribution in [0, 0.1) is 6.33 Å². The number of benzene rings is 1. The molecule has 0 aliphatic rings. The van der Waals surface area contributed by atoms with Gasteiger partial charge in [0.15, 0.2) is 6.33 Å². The van der Waals surface area contributed by atoms with Gasteiger partial charge in [0, 0.05) is 0 Å². The maximum atomic E-state index is 3.96. The Kier molecular flexibility index (Phi) is 1.86. The van der Waals surface area contributed by atoms with E-state index in [1.807, 2.05) is 18.2 Å². The minimum absolute atomic E-state index is 0.737. The lowest BCUT2D eigenvalue weighted by Crippen LogP contribution is -1.99. The van der Waals surface area contributed by atoms with Gasteiger partial charge in [-0.2, -0.15) is 5.10 Å². The van der Waals surface area contributed by atoms with Gasteiger partial charge in [0.1, 0.15) is 6.33 Å². The second-order valence-electron chi connectivity index (χ2n) is 2.50. The fraction of sp³-hybridized carbons (Fsp3) is 0.111. The summed E-state index contributed by atoms with van der Waals surface area (Å²) in [6.45, 7) is 0.737. The van der Waals surface area contributed by atoms with Gasteiger partial charge >= 0.3 is 0 Å². The van der Waals surface area contributed by atoms with Crippen molar-refractivity contribution in [2.24, 2.45) is 0 Å². The lowest BCUT2D eigenvalue weighted by molar-refractivity contribution is 0.679. The molecule has 0 bridgehead atoms. The van der Waals surface area contributed by atoms with Crippen LogP contribution in [0.25, 0.3) is 0 Å². The van der Waals surface area contributed by atoms with Crippen LogP contribution >= 0.6 is 0 Å². The molecule has 0 amide bonds. The Hall–Kier alpha value is -1.64. The normalized spacial score (nSPS) is 10.0.